The number of hydrogen-bond donors (Lipinski definition) is 2. The molecule has 2 N–H and O–H groups in total. The van der Waals surface area contributed by atoms with Crippen LogP contribution < -0.4 is 10.6 Å². The maximum absolute atomic E-state index is 12.8. The first-order valence-electron chi connectivity index (χ1n) is 8.95. The zero-order valence-corrected chi connectivity index (χ0v) is 16.1. The molecule has 0 saturated carbocycles. The molecule has 1 heterocycles. The highest BCUT2D eigenvalue weighted by Gasteiger charge is 2.13. The summed E-state index contributed by atoms with van der Waals surface area (Å²) in [5.41, 5.74) is 6.29. The van der Waals surface area contributed by atoms with E-state index in [1.807, 2.05) is 58.0 Å². The predicted molar refractivity (Wildman–Crippen MR) is 109 cm³/mol. The van der Waals surface area contributed by atoms with Gasteiger partial charge in [0.1, 0.15) is 5.69 Å². The summed E-state index contributed by atoms with van der Waals surface area (Å²) >= 11 is 0. The van der Waals surface area contributed by atoms with Gasteiger partial charge in [0, 0.05) is 17.9 Å². The molecule has 0 bridgehead atoms. The van der Waals surface area contributed by atoms with Crippen molar-refractivity contribution in [1.29, 1.82) is 0 Å². The molecule has 5 nitrogen and oxygen atoms in total. The van der Waals surface area contributed by atoms with Crippen molar-refractivity contribution in [3.8, 4) is 0 Å². The molecule has 138 valence electrons. The molecule has 0 aliphatic carbocycles. The maximum Gasteiger partial charge on any atom is 0.274 e. The summed E-state index contributed by atoms with van der Waals surface area (Å²) in [5.74, 6) is 0.208. The van der Waals surface area contributed by atoms with Gasteiger partial charge < -0.3 is 10.6 Å². The van der Waals surface area contributed by atoms with Gasteiger partial charge in [-0.1, -0.05) is 48.0 Å². The lowest BCUT2D eigenvalue weighted by molar-refractivity contribution is 0.102. The van der Waals surface area contributed by atoms with Crippen molar-refractivity contribution in [3.63, 3.8) is 0 Å². The molecule has 5 heteroatoms. The minimum Gasteiger partial charge on any atom is -0.350 e. The van der Waals surface area contributed by atoms with Crippen molar-refractivity contribution in [2.45, 2.75) is 34.2 Å². The normalized spacial score (nSPS) is 10.5. The summed E-state index contributed by atoms with van der Waals surface area (Å²) in [5, 5.41) is 6.18. The minimum absolute atomic E-state index is 0.238. The summed E-state index contributed by atoms with van der Waals surface area (Å²) in [6.07, 6.45) is 0. The first-order chi connectivity index (χ1) is 12.9. The van der Waals surface area contributed by atoms with E-state index in [1.165, 1.54) is 5.56 Å². The number of nitrogens with zero attached hydrogens (tertiary/aromatic N) is 2. The number of hydrogen-bond acceptors (Lipinski definition) is 4. The molecule has 0 saturated heterocycles. The number of benzene rings is 2. The Labute approximate surface area is 159 Å². The Balaban J connectivity index is 1.78. The quantitative estimate of drug-likeness (QED) is 0.699. The Morgan fingerprint density at radius 3 is 2.26 bits per heavy atom. The Bertz CT molecular complexity index is 944. The number of carbonyl (C=O) groups is 1. The van der Waals surface area contributed by atoms with Gasteiger partial charge in [-0.3, -0.25) is 4.79 Å². The largest absolute Gasteiger partial charge is 0.350 e. The molecule has 1 aromatic heterocycles. The number of anilines is 2. The first kappa shape index (κ1) is 18.6. The molecule has 1 amide bonds. The minimum atomic E-state index is -0.238. The second-order valence-electron chi connectivity index (χ2n) is 6.79. The number of rotatable bonds is 5. The van der Waals surface area contributed by atoms with Crippen LogP contribution in [0.2, 0.25) is 0 Å². The molecular weight excluding hydrogens is 336 g/mol. The van der Waals surface area contributed by atoms with Crippen LogP contribution in [0, 0.1) is 27.7 Å². The molecule has 0 fully saturated rings. The van der Waals surface area contributed by atoms with Gasteiger partial charge in [0.05, 0.1) is 0 Å². The van der Waals surface area contributed by atoms with Gasteiger partial charge in [0.25, 0.3) is 5.91 Å². The fourth-order valence-electron chi connectivity index (χ4n) is 3.10. The van der Waals surface area contributed by atoms with Crippen molar-refractivity contribution < 1.29 is 4.79 Å². The monoisotopic (exact) mass is 360 g/mol. The van der Waals surface area contributed by atoms with Gasteiger partial charge in [0.15, 0.2) is 0 Å². The van der Waals surface area contributed by atoms with Crippen molar-refractivity contribution in [2.75, 3.05) is 10.6 Å². The van der Waals surface area contributed by atoms with Gasteiger partial charge in [-0.25, -0.2) is 9.97 Å². The predicted octanol–water partition coefficient (Wildman–Crippen LogP) is 4.57. The van der Waals surface area contributed by atoms with E-state index in [2.05, 4.69) is 32.7 Å². The summed E-state index contributed by atoms with van der Waals surface area (Å²) < 4.78 is 0. The number of carbonyl (C=O) groups excluding carboxylic acids is 1. The van der Waals surface area contributed by atoms with Crippen LogP contribution in [0.1, 0.15) is 38.4 Å². The van der Waals surface area contributed by atoms with Gasteiger partial charge >= 0.3 is 0 Å². The SMILES string of the molecule is Cc1cc(C)c(NC(=O)c2cc(C)nc(NCc3ccccc3)n2)c(C)c1. The number of aryl methyl sites for hydroxylation is 4. The maximum atomic E-state index is 12.8. The van der Waals surface area contributed by atoms with E-state index >= 15 is 0 Å². The lowest BCUT2D eigenvalue weighted by Gasteiger charge is -2.13. The van der Waals surface area contributed by atoms with Crippen LogP contribution >= 0.6 is 0 Å². The van der Waals surface area contributed by atoms with Gasteiger partial charge in [0.2, 0.25) is 5.95 Å². The molecule has 27 heavy (non-hydrogen) atoms. The number of aromatic nitrogens is 2. The Kier molecular flexibility index (Phi) is 5.50. The van der Waals surface area contributed by atoms with Crippen LogP contribution in [0.3, 0.4) is 0 Å². The van der Waals surface area contributed by atoms with Gasteiger partial charge in [-0.05, 0) is 50.5 Å². The van der Waals surface area contributed by atoms with E-state index < -0.39 is 0 Å². The average molecular weight is 360 g/mol. The van der Waals surface area contributed by atoms with Crippen LogP contribution in [0.25, 0.3) is 0 Å². The lowest BCUT2D eigenvalue weighted by Crippen LogP contribution is -2.17. The van der Waals surface area contributed by atoms with Crippen molar-refractivity contribution in [2.24, 2.45) is 0 Å². The van der Waals surface area contributed by atoms with Crippen LogP contribution in [-0.2, 0) is 6.54 Å². The third kappa shape index (κ3) is 4.70. The smallest absolute Gasteiger partial charge is 0.274 e. The molecule has 0 aliphatic heterocycles. The van der Waals surface area contributed by atoms with Crippen LogP contribution in [0.5, 0.6) is 0 Å². The third-order valence-electron chi connectivity index (χ3n) is 4.30. The number of nitrogens with one attached hydrogen (secondary N) is 2. The standard InChI is InChI=1S/C22H24N4O/c1-14-10-15(2)20(16(3)11-14)26-21(27)19-12-17(4)24-22(25-19)23-13-18-8-6-5-7-9-18/h5-12H,13H2,1-4H3,(H,26,27)(H,23,24,25). The Morgan fingerprint density at radius 2 is 1.59 bits per heavy atom. The van der Waals surface area contributed by atoms with E-state index in [9.17, 15) is 4.79 Å². The molecule has 0 unspecified atom stereocenters. The molecule has 3 aromatic rings. The topological polar surface area (TPSA) is 66.9 Å². The van der Waals surface area contributed by atoms with Crippen LogP contribution in [-0.4, -0.2) is 15.9 Å². The second kappa shape index (κ2) is 7.99. The Morgan fingerprint density at radius 1 is 0.926 bits per heavy atom. The van der Waals surface area contributed by atoms with Gasteiger partial charge in [-0.2, -0.15) is 0 Å². The molecule has 0 spiro atoms. The zero-order chi connectivity index (χ0) is 19.4. The van der Waals surface area contributed by atoms with E-state index in [0.717, 1.165) is 28.1 Å². The summed E-state index contributed by atoms with van der Waals surface area (Å²) in [6.45, 7) is 8.49. The van der Waals surface area contributed by atoms with E-state index in [-0.39, 0.29) is 5.91 Å². The van der Waals surface area contributed by atoms with Gasteiger partial charge in [-0.15, -0.1) is 0 Å². The van der Waals surface area contributed by atoms with E-state index in [1.54, 1.807) is 6.07 Å². The highest BCUT2D eigenvalue weighted by Crippen LogP contribution is 2.22. The molecular formula is C22H24N4O. The van der Waals surface area contributed by atoms with Crippen LogP contribution in [0.4, 0.5) is 11.6 Å². The number of amides is 1. The molecule has 0 atom stereocenters. The summed E-state index contributed by atoms with van der Waals surface area (Å²) in [4.78, 5) is 21.5. The second-order valence-corrected chi connectivity index (χ2v) is 6.79. The molecule has 0 radical (unpaired) electrons. The van der Waals surface area contributed by atoms with Crippen molar-refractivity contribution >= 4 is 17.5 Å². The summed E-state index contributed by atoms with van der Waals surface area (Å²) in [7, 11) is 0. The lowest BCUT2D eigenvalue weighted by atomic mass is 10.0. The van der Waals surface area contributed by atoms with E-state index in [0.29, 0.717) is 18.2 Å². The molecule has 3 rings (SSSR count). The van der Waals surface area contributed by atoms with E-state index in [4.69, 9.17) is 0 Å². The highest BCUT2D eigenvalue weighted by atomic mass is 16.1. The third-order valence-corrected chi connectivity index (χ3v) is 4.30. The average Bonchev–Trinajstić information content (AvgIpc) is 2.63. The molecule has 2 aromatic carbocycles. The Hall–Kier alpha value is -3.21. The zero-order valence-electron chi connectivity index (χ0n) is 16.1. The summed E-state index contributed by atoms with van der Waals surface area (Å²) in [6, 6.07) is 15.8. The highest BCUT2D eigenvalue weighted by molar-refractivity contribution is 6.04. The van der Waals surface area contributed by atoms with Crippen molar-refractivity contribution in [3.05, 3.63) is 82.2 Å². The fraction of sp³-hybridized carbons (Fsp3) is 0.227. The first-order valence-corrected chi connectivity index (χ1v) is 8.95. The fourth-order valence-corrected chi connectivity index (χ4v) is 3.10. The van der Waals surface area contributed by atoms with Crippen molar-refractivity contribution in [1.82, 2.24) is 9.97 Å². The molecule has 0 aliphatic rings. The van der Waals surface area contributed by atoms with Crippen LogP contribution in [0.15, 0.2) is 48.5 Å².